The zero-order valence-electron chi connectivity index (χ0n) is 9.48. The van der Waals surface area contributed by atoms with Crippen LogP contribution in [0.3, 0.4) is 0 Å². The van der Waals surface area contributed by atoms with E-state index in [4.69, 9.17) is 17.2 Å². The molecule has 0 aliphatic rings. The topological polar surface area (TPSA) is 90.1 Å². The van der Waals surface area contributed by atoms with Crippen molar-refractivity contribution in [1.82, 2.24) is 0 Å². The molecule has 0 atom stereocenters. The highest BCUT2D eigenvalue weighted by Gasteiger charge is 1.99. The fourth-order valence-corrected chi connectivity index (χ4v) is 1.58. The molecule has 17 heavy (non-hydrogen) atoms. The summed E-state index contributed by atoms with van der Waals surface area (Å²) in [6, 6.07) is 13.0. The van der Waals surface area contributed by atoms with Gasteiger partial charge in [0.15, 0.2) is 0 Å². The second-order valence-electron chi connectivity index (χ2n) is 3.93. The Bertz CT molecular complexity index is 505. The maximum absolute atomic E-state index is 5.86. The van der Waals surface area contributed by atoms with Crippen LogP contribution < -0.4 is 22.5 Å². The molecule has 0 saturated heterocycles. The molecule has 0 aliphatic carbocycles. The van der Waals surface area contributed by atoms with Crippen molar-refractivity contribution in [1.29, 1.82) is 0 Å². The van der Waals surface area contributed by atoms with Crippen LogP contribution in [-0.2, 0) is 6.54 Å². The summed E-state index contributed by atoms with van der Waals surface area (Å²) >= 11 is 0. The van der Waals surface area contributed by atoms with Crippen molar-refractivity contribution in [2.75, 3.05) is 22.5 Å². The van der Waals surface area contributed by atoms with E-state index in [0.717, 1.165) is 22.6 Å². The summed E-state index contributed by atoms with van der Waals surface area (Å²) in [5.74, 6) is 0. The van der Waals surface area contributed by atoms with E-state index in [-0.39, 0.29) is 0 Å². The maximum Gasteiger partial charge on any atom is 0.0421 e. The summed E-state index contributed by atoms with van der Waals surface area (Å²) in [7, 11) is 0. The summed E-state index contributed by atoms with van der Waals surface area (Å²) < 4.78 is 0. The van der Waals surface area contributed by atoms with Gasteiger partial charge in [0.05, 0.1) is 0 Å². The molecule has 4 nitrogen and oxygen atoms in total. The number of anilines is 4. The van der Waals surface area contributed by atoms with Gasteiger partial charge >= 0.3 is 0 Å². The van der Waals surface area contributed by atoms with Crippen LogP contribution in [0.1, 0.15) is 5.56 Å². The number of rotatable bonds is 3. The van der Waals surface area contributed by atoms with Crippen LogP contribution in [0.15, 0.2) is 42.5 Å². The molecule has 0 radical (unpaired) electrons. The van der Waals surface area contributed by atoms with Gasteiger partial charge in [0.2, 0.25) is 0 Å². The minimum Gasteiger partial charge on any atom is -0.399 e. The normalized spacial score (nSPS) is 10.1. The third-order valence-corrected chi connectivity index (χ3v) is 2.56. The number of nitrogens with two attached hydrogens (primary N) is 3. The van der Waals surface area contributed by atoms with Gasteiger partial charge in [-0.25, -0.2) is 0 Å². The third kappa shape index (κ3) is 2.81. The number of hydrogen-bond acceptors (Lipinski definition) is 4. The number of hydrogen-bond donors (Lipinski definition) is 4. The van der Waals surface area contributed by atoms with Crippen molar-refractivity contribution in [2.45, 2.75) is 6.54 Å². The summed E-state index contributed by atoms with van der Waals surface area (Å²) in [6.45, 7) is 0.640. The van der Waals surface area contributed by atoms with Crippen LogP contribution in [0.25, 0.3) is 0 Å². The molecule has 0 amide bonds. The number of nitrogen functional groups attached to an aromatic ring is 3. The highest BCUT2D eigenvalue weighted by Crippen LogP contribution is 2.18. The van der Waals surface area contributed by atoms with Crippen LogP contribution >= 0.6 is 0 Å². The summed E-state index contributed by atoms with van der Waals surface area (Å²) in [6.07, 6.45) is 0. The Morgan fingerprint density at radius 3 is 2.18 bits per heavy atom. The molecule has 2 aromatic carbocycles. The average Bonchev–Trinajstić information content (AvgIpc) is 2.32. The Morgan fingerprint density at radius 2 is 1.47 bits per heavy atom. The molecule has 0 fully saturated rings. The van der Waals surface area contributed by atoms with Crippen molar-refractivity contribution in [2.24, 2.45) is 0 Å². The molecule has 0 aromatic heterocycles. The SMILES string of the molecule is Nc1ccc(NCc2cc(N)ccc2N)cc1. The molecule has 88 valence electrons. The van der Waals surface area contributed by atoms with Crippen molar-refractivity contribution in [3.63, 3.8) is 0 Å². The minimum absolute atomic E-state index is 0.640. The van der Waals surface area contributed by atoms with Crippen LogP contribution in [-0.4, -0.2) is 0 Å². The molecule has 0 unspecified atom stereocenters. The molecular weight excluding hydrogens is 212 g/mol. The minimum atomic E-state index is 0.640. The van der Waals surface area contributed by atoms with Gasteiger partial charge in [0.1, 0.15) is 0 Å². The van der Waals surface area contributed by atoms with Crippen molar-refractivity contribution in [3.8, 4) is 0 Å². The summed E-state index contributed by atoms with van der Waals surface area (Å²) in [5, 5.41) is 3.27. The largest absolute Gasteiger partial charge is 0.399 e. The number of benzene rings is 2. The van der Waals surface area contributed by atoms with Crippen LogP contribution in [0.5, 0.6) is 0 Å². The average molecular weight is 228 g/mol. The molecule has 4 heteroatoms. The van der Waals surface area contributed by atoms with Gasteiger partial charge in [0, 0.05) is 29.3 Å². The monoisotopic (exact) mass is 228 g/mol. The Labute approximate surface area is 100 Å². The third-order valence-electron chi connectivity index (χ3n) is 2.56. The Balaban J connectivity index is 2.07. The fraction of sp³-hybridized carbons (Fsp3) is 0.0769. The molecule has 2 rings (SSSR count). The van der Waals surface area contributed by atoms with Gasteiger partial charge in [-0.2, -0.15) is 0 Å². The van der Waals surface area contributed by atoms with Gasteiger partial charge in [-0.05, 0) is 48.0 Å². The Kier molecular flexibility index (Phi) is 3.05. The lowest BCUT2D eigenvalue weighted by Gasteiger charge is -2.09. The first-order valence-corrected chi connectivity index (χ1v) is 5.38. The lowest BCUT2D eigenvalue weighted by molar-refractivity contribution is 1.15. The molecule has 0 heterocycles. The van der Waals surface area contributed by atoms with Crippen molar-refractivity contribution in [3.05, 3.63) is 48.0 Å². The highest BCUT2D eigenvalue weighted by molar-refractivity contribution is 5.57. The predicted molar refractivity (Wildman–Crippen MR) is 73.4 cm³/mol. The standard InChI is InChI=1S/C13H16N4/c14-10-1-4-12(5-2-10)17-8-9-7-11(15)3-6-13(9)16/h1-7,17H,8,14-16H2. The summed E-state index contributed by atoms with van der Waals surface area (Å²) in [5.41, 5.74) is 21.4. The highest BCUT2D eigenvalue weighted by atomic mass is 14.9. The summed E-state index contributed by atoms with van der Waals surface area (Å²) in [4.78, 5) is 0. The first-order valence-electron chi connectivity index (χ1n) is 5.38. The van der Waals surface area contributed by atoms with E-state index in [0.29, 0.717) is 12.2 Å². The van der Waals surface area contributed by atoms with Crippen molar-refractivity contribution >= 4 is 22.7 Å². The van der Waals surface area contributed by atoms with Gasteiger partial charge < -0.3 is 22.5 Å². The first kappa shape index (κ1) is 11.1. The van der Waals surface area contributed by atoms with E-state index in [9.17, 15) is 0 Å². The quantitative estimate of drug-likeness (QED) is 0.605. The zero-order valence-corrected chi connectivity index (χ0v) is 9.48. The van der Waals surface area contributed by atoms with Crippen molar-refractivity contribution < 1.29 is 0 Å². The lowest BCUT2D eigenvalue weighted by atomic mass is 10.1. The van der Waals surface area contributed by atoms with Crippen LogP contribution in [0.2, 0.25) is 0 Å². The molecule has 7 N–H and O–H groups in total. The van der Waals surface area contributed by atoms with Gasteiger partial charge in [-0.15, -0.1) is 0 Å². The molecule has 0 aliphatic heterocycles. The predicted octanol–water partition coefficient (Wildman–Crippen LogP) is 2.05. The van der Waals surface area contributed by atoms with E-state index in [1.54, 1.807) is 6.07 Å². The Morgan fingerprint density at radius 1 is 0.824 bits per heavy atom. The first-order chi connectivity index (χ1) is 8.15. The second kappa shape index (κ2) is 4.65. The van der Waals surface area contributed by atoms with E-state index >= 15 is 0 Å². The molecule has 0 bridgehead atoms. The van der Waals surface area contributed by atoms with E-state index in [1.807, 2.05) is 36.4 Å². The molecule has 0 saturated carbocycles. The maximum atomic E-state index is 5.86. The van der Waals surface area contributed by atoms with E-state index in [1.165, 1.54) is 0 Å². The van der Waals surface area contributed by atoms with Gasteiger partial charge in [-0.1, -0.05) is 0 Å². The molecule has 0 spiro atoms. The van der Waals surface area contributed by atoms with Crippen LogP contribution in [0.4, 0.5) is 22.7 Å². The lowest BCUT2D eigenvalue weighted by Crippen LogP contribution is -2.03. The van der Waals surface area contributed by atoms with Crippen LogP contribution in [0, 0.1) is 0 Å². The van der Waals surface area contributed by atoms with E-state index < -0.39 is 0 Å². The van der Waals surface area contributed by atoms with Gasteiger partial charge in [-0.3, -0.25) is 0 Å². The molecular formula is C13H16N4. The number of nitrogens with one attached hydrogen (secondary N) is 1. The zero-order chi connectivity index (χ0) is 12.3. The molecule has 2 aromatic rings. The smallest absolute Gasteiger partial charge is 0.0421 e. The fourth-order valence-electron chi connectivity index (χ4n) is 1.58. The van der Waals surface area contributed by atoms with E-state index in [2.05, 4.69) is 5.32 Å². The Hall–Kier alpha value is -2.36. The second-order valence-corrected chi connectivity index (χ2v) is 3.93. The van der Waals surface area contributed by atoms with Gasteiger partial charge in [0.25, 0.3) is 0 Å².